The third-order valence-corrected chi connectivity index (χ3v) is 6.46. The summed E-state index contributed by atoms with van der Waals surface area (Å²) in [6.07, 6.45) is 2.94. The number of rotatable bonds is 6. The monoisotopic (exact) mass is 455 g/mol. The molecule has 8 heteroatoms. The maximum atomic E-state index is 14.4. The van der Waals surface area contributed by atoms with E-state index >= 15 is 0 Å². The van der Waals surface area contributed by atoms with Crippen molar-refractivity contribution < 1.29 is 23.8 Å². The molecule has 1 N–H and O–H groups in total. The third-order valence-electron chi connectivity index (χ3n) is 6.46. The van der Waals surface area contributed by atoms with Crippen LogP contribution in [0.5, 0.6) is 5.88 Å². The van der Waals surface area contributed by atoms with Crippen LogP contribution in [0, 0.1) is 17.7 Å². The number of carbonyl (C=O) groups excluding carboxylic acids is 2. The molecule has 0 bridgehead atoms. The Kier molecular flexibility index (Phi) is 6.65. The Bertz CT molecular complexity index is 1040. The number of benzene rings is 1. The predicted octanol–water partition coefficient (Wildman–Crippen LogP) is 2.98. The van der Waals surface area contributed by atoms with Crippen molar-refractivity contribution in [3.8, 4) is 17.0 Å². The molecule has 3 atom stereocenters. The van der Waals surface area contributed by atoms with Crippen LogP contribution in [0.2, 0.25) is 0 Å². The van der Waals surface area contributed by atoms with E-state index in [0.29, 0.717) is 24.2 Å². The van der Waals surface area contributed by atoms with Crippen LogP contribution in [0.25, 0.3) is 11.1 Å². The fraction of sp³-hybridized carbons (Fsp3) is 0.480. The summed E-state index contributed by atoms with van der Waals surface area (Å²) >= 11 is 0. The molecule has 2 amide bonds. The van der Waals surface area contributed by atoms with Crippen LogP contribution in [0.15, 0.2) is 36.5 Å². The van der Waals surface area contributed by atoms with Gasteiger partial charge in [-0.2, -0.15) is 0 Å². The fourth-order valence-corrected chi connectivity index (χ4v) is 4.16. The molecule has 1 aromatic carbocycles. The number of aliphatic hydroxyl groups is 1. The number of aromatic nitrogens is 1. The van der Waals surface area contributed by atoms with E-state index in [1.807, 2.05) is 6.92 Å². The zero-order valence-electron chi connectivity index (χ0n) is 19.2. The number of amides is 2. The highest BCUT2D eigenvalue weighted by Gasteiger charge is 2.37. The van der Waals surface area contributed by atoms with E-state index in [2.05, 4.69) is 4.98 Å². The molecule has 2 aliphatic rings. The molecule has 1 fully saturated rings. The number of aliphatic hydroxyl groups excluding tert-OH is 1. The van der Waals surface area contributed by atoms with Crippen molar-refractivity contribution in [1.29, 1.82) is 0 Å². The summed E-state index contributed by atoms with van der Waals surface area (Å²) in [6, 6.07) is 7.47. The Morgan fingerprint density at radius 3 is 2.73 bits per heavy atom. The van der Waals surface area contributed by atoms with Gasteiger partial charge in [0, 0.05) is 42.8 Å². The molecule has 1 aliphatic carbocycles. The molecule has 1 aromatic heterocycles. The van der Waals surface area contributed by atoms with Crippen molar-refractivity contribution in [3.63, 3.8) is 0 Å². The van der Waals surface area contributed by atoms with Crippen LogP contribution < -0.4 is 4.74 Å². The second kappa shape index (κ2) is 9.47. The molecular formula is C25H30FN3O4. The summed E-state index contributed by atoms with van der Waals surface area (Å²) < 4.78 is 20.6. The van der Waals surface area contributed by atoms with E-state index in [9.17, 15) is 19.1 Å². The molecule has 0 unspecified atom stereocenters. The number of carbonyl (C=O) groups is 2. The van der Waals surface area contributed by atoms with Crippen LogP contribution in [0.1, 0.15) is 37.0 Å². The summed E-state index contributed by atoms with van der Waals surface area (Å²) in [5.41, 5.74) is 1.01. The lowest BCUT2D eigenvalue weighted by Crippen LogP contribution is -2.50. The Morgan fingerprint density at radius 2 is 2.06 bits per heavy atom. The molecule has 0 saturated heterocycles. The molecule has 7 nitrogen and oxygen atoms in total. The maximum Gasteiger partial charge on any atom is 0.259 e. The van der Waals surface area contributed by atoms with Crippen molar-refractivity contribution in [2.75, 3.05) is 26.7 Å². The second-order valence-corrected chi connectivity index (χ2v) is 9.17. The molecule has 176 valence electrons. The van der Waals surface area contributed by atoms with Crippen LogP contribution in [0.3, 0.4) is 0 Å². The number of pyridine rings is 1. The molecule has 0 radical (unpaired) electrons. The fourth-order valence-electron chi connectivity index (χ4n) is 4.16. The van der Waals surface area contributed by atoms with E-state index in [4.69, 9.17) is 4.74 Å². The van der Waals surface area contributed by atoms with Gasteiger partial charge in [0.1, 0.15) is 17.5 Å². The van der Waals surface area contributed by atoms with Gasteiger partial charge in [-0.05, 0) is 31.9 Å². The van der Waals surface area contributed by atoms with E-state index in [0.717, 1.165) is 12.8 Å². The third kappa shape index (κ3) is 4.85. The van der Waals surface area contributed by atoms with E-state index in [1.165, 1.54) is 12.3 Å². The van der Waals surface area contributed by atoms with Crippen LogP contribution in [-0.2, 0) is 4.79 Å². The van der Waals surface area contributed by atoms with Crippen molar-refractivity contribution in [2.24, 2.45) is 11.8 Å². The van der Waals surface area contributed by atoms with Gasteiger partial charge >= 0.3 is 0 Å². The van der Waals surface area contributed by atoms with Gasteiger partial charge in [-0.25, -0.2) is 9.37 Å². The molecule has 0 spiro atoms. The number of nitrogens with zero attached hydrogens (tertiary/aromatic N) is 3. The quantitative estimate of drug-likeness (QED) is 0.724. The van der Waals surface area contributed by atoms with Gasteiger partial charge in [0.2, 0.25) is 11.8 Å². The minimum atomic E-state index is -0.422. The number of hydrogen-bond donors (Lipinski definition) is 1. The first-order valence-corrected chi connectivity index (χ1v) is 11.4. The standard InChI is InChI=1S/C25H30FN3O4/c1-15-12-29(16(2)14-30)25(32)20-10-18(19-6-4-5-7-21(19)26)11-27-23(20)33-22(15)13-28(3)24(31)17-8-9-17/h4-7,10-11,15-17,22,30H,8-9,12-14H2,1-3H3/t15-,16+,22-/m1/s1. The van der Waals surface area contributed by atoms with Crippen LogP contribution in [0.4, 0.5) is 4.39 Å². The van der Waals surface area contributed by atoms with Gasteiger partial charge in [0.05, 0.1) is 19.2 Å². The summed E-state index contributed by atoms with van der Waals surface area (Å²) in [6.45, 7) is 4.25. The van der Waals surface area contributed by atoms with Crippen molar-refractivity contribution in [3.05, 3.63) is 47.9 Å². The molecular weight excluding hydrogens is 425 g/mol. The number of hydrogen-bond acceptors (Lipinski definition) is 5. The lowest BCUT2D eigenvalue weighted by Gasteiger charge is -2.37. The average Bonchev–Trinajstić information content (AvgIpc) is 3.66. The van der Waals surface area contributed by atoms with Gasteiger partial charge < -0.3 is 19.6 Å². The normalized spacial score (nSPS) is 21.5. The smallest absolute Gasteiger partial charge is 0.259 e. The van der Waals surface area contributed by atoms with Gasteiger partial charge in [0.25, 0.3) is 5.91 Å². The largest absolute Gasteiger partial charge is 0.472 e. The lowest BCUT2D eigenvalue weighted by atomic mass is 9.99. The Balaban J connectivity index is 1.71. The van der Waals surface area contributed by atoms with E-state index in [-0.39, 0.29) is 41.7 Å². The number of fused-ring (bicyclic) bond motifs is 1. The van der Waals surface area contributed by atoms with E-state index in [1.54, 1.807) is 48.0 Å². The van der Waals surface area contributed by atoms with Gasteiger partial charge in [-0.15, -0.1) is 0 Å². The highest BCUT2D eigenvalue weighted by atomic mass is 19.1. The van der Waals surface area contributed by atoms with Crippen LogP contribution >= 0.6 is 0 Å². The molecule has 1 saturated carbocycles. The average molecular weight is 456 g/mol. The number of ether oxygens (including phenoxy) is 1. The highest BCUT2D eigenvalue weighted by Crippen LogP contribution is 2.33. The molecule has 1 aliphatic heterocycles. The van der Waals surface area contributed by atoms with E-state index < -0.39 is 18.0 Å². The van der Waals surface area contributed by atoms with Gasteiger partial charge in [-0.3, -0.25) is 9.59 Å². The van der Waals surface area contributed by atoms with Crippen LogP contribution in [-0.4, -0.2) is 70.6 Å². The second-order valence-electron chi connectivity index (χ2n) is 9.17. The zero-order valence-corrected chi connectivity index (χ0v) is 19.2. The summed E-state index contributed by atoms with van der Waals surface area (Å²) in [5.74, 6) is -0.499. The highest BCUT2D eigenvalue weighted by molar-refractivity contribution is 5.98. The molecule has 4 rings (SSSR count). The van der Waals surface area contributed by atoms with Crippen molar-refractivity contribution in [1.82, 2.24) is 14.8 Å². The van der Waals surface area contributed by atoms with Gasteiger partial charge in [-0.1, -0.05) is 25.1 Å². The summed E-state index contributed by atoms with van der Waals surface area (Å²) in [5, 5.41) is 9.78. The SMILES string of the molecule is C[C@@H]1CN([C@@H](C)CO)C(=O)c2cc(-c3ccccc3F)cnc2O[C@@H]1CN(C)C(=O)C1CC1. The summed E-state index contributed by atoms with van der Waals surface area (Å²) in [4.78, 5) is 33.7. The minimum absolute atomic E-state index is 0.0973. The first-order valence-electron chi connectivity index (χ1n) is 11.4. The first-order chi connectivity index (χ1) is 15.8. The number of likely N-dealkylation sites (N-methyl/N-ethyl adjacent to an activating group) is 1. The van der Waals surface area contributed by atoms with Crippen molar-refractivity contribution in [2.45, 2.75) is 38.8 Å². The first kappa shape index (κ1) is 23.2. The number of halogens is 1. The topological polar surface area (TPSA) is 83.0 Å². The Morgan fingerprint density at radius 1 is 1.33 bits per heavy atom. The van der Waals surface area contributed by atoms with Crippen molar-refractivity contribution >= 4 is 11.8 Å². The maximum absolute atomic E-state index is 14.4. The predicted molar refractivity (Wildman–Crippen MR) is 121 cm³/mol. The Hall–Kier alpha value is -3.00. The molecule has 33 heavy (non-hydrogen) atoms. The summed E-state index contributed by atoms with van der Waals surface area (Å²) in [7, 11) is 1.77. The Labute approximate surface area is 193 Å². The zero-order chi connectivity index (χ0) is 23.7. The lowest BCUT2D eigenvalue weighted by molar-refractivity contribution is -0.132. The molecule has 2 heterocycles. The minimum Gasteiger partial charge on any atom is -0.472 e. The molecule has 2 aromatic rings. The van der Waals surface area contributed by atoms with Gasteiger partial charge in [0.15, 0.2) is 0 Å².